The van der Waals surface area contributed by atoms with E-state index >= 15 is 0 Å². The molecule has 0 spiro atoms. The normalized spacial score (nSPS) is 10.6. The Balaban J connectivity index is 1.88. The highest BCUT2D eigenvalue weighted by atomic mass is 16.6. The van der Waals surface area contributed by atoms with E-state index in [9.17, 15) is 10.1 Å². The molecular weight excluding hydrogens is 312 g/mol. The van der Waals surface area contributed by atoms with E-state index in [4.69, 9.17) is 9.47 Å². The summed E-state index contributed by atoms with van der Waals surface area (Å²) >= 11 is 0. The van der Waals surface area contributed by atoms with Crippen molar-refractivity contribution >= 4 is 17.3 Å². The number of nitrogens with zero attached hydrogens (tertiary/aromatic N) is 3. The average molecular weight is 328 g/mol. The Labute approximate surface area is 137 Å². The Morgan fingerprint density at radius 1 is 1.21 bits per heavy atom. The third kappa shape index (κ3) is 2.81. The molecule has 0 unspecified atom stereocenters. The van der Waals surface area contributed by atoms with E-state index in [1.54, 1.807) is 44.7 Å². The van der Waals surface area contributed by atoms with Crippen molar-refractivity contribution < 1.29 is 14.4 Å². The van der Waals surface area contributed by atoms with Gasteiger partial charge in [-0.15, -0.1) is 0 Å². The maximum absolute atomic E-state index is 11.4. The molecule has 0 aliphatic rings. The summed E-state index contributed by atoms with van der Waals surface area (Å²) in [7, 11) is 3.12. The van der Waals surface area contributed by atoms with Crippen LogP contribution in [0.4, 0.5) is 11.6 Å². The molecule has 0 amide bonds. The molecule has 8 nitrogen and oxygen atoms in total. The number of nitrogens with one attached hydrogen (secondary N) is 1. The van der Waals surface area contributed by atoms with Crippen molar-refractivity contribution in [1.82, 2.24) is 9.38 Å². The minimum absolute atomic E-state index is 0.0916. The van der Waals surface area contributed by atoms with Crippen molar-refractivity contribution in [1.29, 1.82) is 0 Å². The molecule has 0 radical (unpaired) electrons. The smallest absolute Gasteiger partial charge is 0.372 e. The fourth-order valence-corrected chi connectivity index (χ4v) is 2.45. The third-order valence-electron chi connectivity index (χ3n) is 3.59. The van der Waals surface area contributed by atoms with Gasteiger partial charge in [0.25, 0.3) is 0 Å². The second kappa shape index (κ2) is 6.45. The van der Waals surface area contributed by atoms with Gasteiger partial charge < -0.3 is 24.9 Å². The topological polar surface area (TPSA) is 90.9 Å². The van der Waals surface area contributed by atoms with E-state index in [1.165, 1.54) is 4.40 Å². The Morgan fingerprint density at radius 3 is 2.71 bits per heavy atom. The first-order chi connectivity index (χ1) is 11.6. The van der Waals surface area contributed by atoms with Crippen molar-refractivity contribution in [3.8, 4) is 11.5 Å². The van der Waals surface area contributed by atoms with Crippen molar-refractivity contribution in [2.45, 2.75) is 6.54 Å². The summed E-state index contributed by atoms with van der Waals surface area (Å²) in [5.74, 6) is 1.35. The number of ether oxygens (including phenoxy) is 2. The molecule has 24 heavy (non-hydrogen) atoms. The minimum atomic E-state index is -0.447. The zero-order valence-electron chi connectivity index (χ0n) is 13.2. The second-order valence-electron chi connectivity index (χ2n) is 5.01. The lowest BCUT2D eigenvalue weighted by atomic mass is 10.2. The van der Waals surface area contributed by atoms with E-state index in [2.05, 4.69) is 10.3 Å². The van der Waals surface area contributed by atoms with Crippen LogP contribution in [0, 0.1) is 10.1 Å². The summed E-state index contributed by atoms with van der Waals surface area (Å²) in [5.41, 5.74) is 1.40. The van der Waals surface area contributed by atoms with Crippen LogP contribution in [0.1, 0.15) is 5.56 Å². The van der Waals surface area contributed by atoms with Crippen molar-refractivity contribution in [3.05, 3.63) is 58.3 Å². The Hall–Kier alpha value is -3.29. The molecule has 0 aliphatic heterocycles. The maximum Gasteiger partial charge on any atom is 0.372 e. The molecule has 124 valence electrons. The summed E-state index contributed by atoms with van der Waals surface area (Å²) in [6, 6.07) is 10.7. The highest BCUT2D eigenvalue weighted by Gasteiger charge is 2.21. The maximum atomic E-state index is 11.4. The van der Waals surface area contributed by atoms with Crippen LogP contribution in [-0.2, 0) is 6.54 Å². The van der Waals surface area contributed by atoms with Gasteiger partial charge in [0.15, 0.2) is 11.5 Å². The van der Waals surface area contributed by atoms with Crippen LogP contribution in [0.3, 0.4) is 0 Å². The molecule has 1 aromatic carbocycles. The number of methoxy groups -OCH3 is 2. The van der Waals surface area contributed by atoms with E-state index < -0.39 is 4.92 Å². The predicted molar refractivity (Wildman–Crippen MR) is 88.7 cm³/mol. The first-order valence-corrected chi connectivity index (χ1v) is 7.20. The van der Waals surface area contributed by atoms with E-state index in [0.29, 0.717) is 23.7 Å². The molecule has 1 N–H and O–H groups in total. The second-order valence-corrected chi connectivity index (χ2v) is 5.01. The van der Waals surface area contributed by atoms with Crippen LogP contribution in [0.2, 0.25) is 0 Å². The zero-order valence-corrected chi connectivity index (χ0v) is 13.2. The molecule has 3 rings (SSSR count). The number of hydrogen-bond acceptors (Lipinski definition) is 6. The highest BCUT2D eigenvalue weighted by Crippen LogP contribution is 2.29. The van der Waals surface area contributed by atoms with Crippen LogP contribution in [0.15, 0.2) is 42.6 Å². The first kappa shape index (κ1) is 15.6. The minimum Gasteiger partial charge on any atom is -0.493 e. The van der Waals surface area contributed by atoms with Gasteiger partial charge in [-0.1, -0.05) is 12.1 Å². The Kier molecular flexibility index (Phi) is 4.19. The Morgan fingerprint density at radius 2 is 2.00 bits per heavy atom. The number of fused-ring (bicyclic) bond motifs is 1. The molecular formula is C16H16N4O4. The number of imidazole rings is 1. The number of nitro groups is 1. The lowest BCUT2D eigenvalue weighted by Crippen LogP contribution is -2.03. The summed E-state index contributed by atoms with van der Waals surface area (Å²) in [6.45, 7) is 0.366. The van der Waals surface area contributed by atoms with Gasteiger partial charge in [-0.2, -0.15) is 9.38 Å². The number of rotatable bonds is 6. The number of aromatic nitrogens is 2. The van der Waals surface area contributed by atoms with Gasteiger partial charge in [-0.25, -0.2) is 0 Å². The van der Waals surface area contributed by atoms with Crippen LogP contribution in [0.5, 0.6) is 11.5 Å². The van der Waals surface area contributed by atoms with Gasteiger partial charge in [0, 0.05) is 12.6 Å². The van der Waals surface area contributed by atoms with Gasteiger partial charge >= 0.3 is 5.82 Å². The van der Waals surface area contributed by atoms with Crippen LogP contribution < -0.4 is 14.8 Å². The average Bonchev–Trinajstić information content (AvgIpc) is 2.98. The molecule has 0 fully saturated rings. The van der Waals surface area contributed by atoms with Gasteiger partial charge in [0.2, 0.25) is 11.5 Å². The number of hydrogen-bond donors (Lipinski definition) is 1. The molecule has 3 aromatic rings. The molecule has 8 heteroatoms. The summed E-state index contributed by atoms with van der Waals surface area (Å²) in [5, 5.41) is 14.4. The number of anilines is 1. The van der Waals surface area contributed by atoms with Gasteiger partial charge in [-0.05, 0) is 28.7 Å². The largest absolute Gasteiger partial charge is 0.493 e. The molecule has 0 bridgehead atoms. The highest BCUT2D eigenvalue weighted by molar-refractivity contribution is 5.62. The van der Waals surface area contributed by atoms with Crippen LogP contribution >= 0.6 is 0 Å². The fraction of sp³-hybridized carbons (Fsp3) is 0.188. The molecule has 0 saturated heterocycles. The lowest BCUT2D eigenvalue weighted by molar-refractivity contribution is -0.389. The number of pyridine rings is 1. The molecule has 0 aliphatic carbocycles. The van der Waals surface area contributed by atoms with E-state index in [0.717, 1.165) is 5.56 Å². The molecule has 0 atom stereocenters. The summed E-state index contributed by atoms with van der Waals surface area (Å²) in [6.07, 6.45) is 1.61. The quantitative estimate of drug-likeness (QED) is 0.552. The van der Waals surface area contributed by atoms with E-state index in [1.807, 2.05) is 12.1 Å². The monoisotopic (exact) mass is 328 g/mol. The van der Waals surface area contributed by atoms with Crippen LogP contribution in [0.25, 0.3) is 5.65 Å². The number of benzene rings is 1. The van der Waals surface area contributed by atoms with Crippen molar-refractivity contribution in [2.24, 2.45) is 0 Å². The fourth-order valence-electron chi connectivity index (χ4n) is 2.45. The summed E-state index contributed by atoms with van der Waals surface area (Å²) in [4.78, 5) is 15.2. The zero-order chi connectivity index (χ0) is 17.1. The predicted octanol–water partition coefficient (Wildman–Crippen LogP) is 2.87. The third-order valence-corrected chi connectivity index (χ3v) is 3.59. The van der Waals surface area contributed by atoms with Gasteiger partial charge in [0.05, 0.1) is 20.4 Å². The lowest BCUT2D eigenvalue weighted by Gasteiger charge is -2.10. The molecule has 2 aromatic heterocycles. The van der Waals surface area contributed by atoms with E-state index in [-0.39, 0.29) is 11.6 Å². The van der Waals surface area contributed by atoms with Crippen molar-refractivity contribution in [2.75, 3.05) is 19.5 Å². The molecule has 0 saturated carbocycles. The Bertz CT molecular complexity index is 891. The summed E-state index contributed by atoms with van der Waals surface area (Å²) < 4.78 is 11.9. The van der Waals surface area contributed by atoms with Crippen molar-refractivity contribution in [3.63, 3.8) is 0 Å². The SMILES string of the molecule is COc1ccc(CNc2nc3ccccn3c2[N+](=O)[O-])cc1OC. The van der Waals surface area contributed by atoms with Gasteiger partial charge in [0.1, 0.15) is 0 Å². The standard InChI is InChI=1S/C16H16N4O4/c1-23-12-7-6-11(9-13(12)24-2)10-17-15-16(20(21)22)19-8-4-3-5-14(19)18-15/h3-9,17H,10H2,1-2H3. The van der Waals surface area contributed by atoms with Gasteiger partial charge in [-0.3, -0.25) is 0 Å². The molecule has 2 heterocycles. The first-order valence-electron chi connectivity index (χ1n) is 7.20. The van der Waals surface area contributed by atoms with Crippen LogP contribution in [-0.4, -0.2) is 28.5 Å².